The summed E-state index contributed by atoms with van der Waals surface area (Å²) in [6.07, 6.45) is 5.27. The van der Waals surface area contributed by atoms with E-state index in [0.29, 0.717) is 19.1 Å². The molecule has 4 N–H and O–H groups in total. The number of hydrogen-bond acceptors (Lipinski definition) is 4. The van der Waals surface area contributed by atoms with Crippen LogP contribution in [0.15, 0.2) is 5.16 Å². The van der Waals surface area contributed by atoms with Gasteiger partial charge in [-0.05, 0) is 25.7 Å². The number of piperazine rings is 1. The van der Waals surface area contributed by atoms with Crippen molar-refractivity contribution in [2.75, 3.05) is 26.2 Å². The molecule has 1 aliphatic carbocycles. The smallest absolute Gasteiger partial charge is 0.317 e. The van der Waals surface area contributed by atoms with Crippen molar-refractivity contribution in [1.82, 2.24) is 15.1 Å². The lowest BCUT2D eigenvalue weighted by Crippen LogP contribution is -2.58. The van der Waals surface area contributed by atoms with Crippen molar-refractivity contribution in [2.45, 2.75) is 51.1 Å². The highest BCUT2D eigenvalue weighted by atomic mass is 16.4. The SMILES string of the molecule is CCCC(C(N)=NO)N1CCN(C(=O)NC2CCC2)CC1. The van der Waals surface area contributed by atoms with Crippen molar-refractivity contribution in [3.63, 3.8) is 0 Å². The largest absolute Gasteiger partial charge is 0.409 e. The standard InChI is InChI=1S/C14H27N5O2/c1-2-4-12(13(15)17-21)18-7-9-19(10-8-18)14(20)16-11-5-3-6-11/h11-12,21H,2-10H2,1H3,(H2,15,17)(H,16,20). The first-order valence-corrected chi connectivity index (χ1v) is 7.92. The summed E-state index contributed by atoms with van der Waals surface area (Å²) in [5, 5.41) is 15.1. The Labute approximate surface area is 126 Å². The van der Waals surface area contributed by atoms with Crippen molar-refractivity contribution in [3.05, 3.63) is 0 Å². The van der Waals surface area contributed by atoms with Crippen molar-refractivity contribution in [1.29, 1.82) is 0 Å². The molecule has 1 unspecified atom stereocenters. The Balaban J connectivity index is 1.81. The summed E-state index contributed by atoms with van der Waals surface area (Å²) in [5.74, 6) is 0.268. The monoisotopic (exact) mass is 297 g/mol. The molecule has 21 heavy (non-hydrogen) atoms. The first-order valence-electron chi connectivity index (χ1n) is 7.92. The summed E-state index contributed by atoms with van der Waals surface area (Å²) in [6, 6.07) is 0.396. The van der Waals surface area contributed by atoms with Gasteiger partial charge in [-0.25, -0.2) is 4.79 Å². The second-order valence-electron chi connectivity index (χ2n) is 5.93. The molecule has 0 aromatic heterocycles. The molecule has 2 amide bonds. The number of amides is 2. The van der Waals surface area contributed by atoms with Crippen LogP contribution in [0.1, 0.15) is 39.0 Å². The minimum absolute atomic E-state index is 0.0307. The molecule has 1 atom stereocenters. The van der Waals surface area contributed by atoms with Gasteiger partial charge >= 0.3 is 6.03 Å². The lowest BCUT2D eigenvalue weighted by molar-refractivity contribution is 0.119. The third kappa shape index (κ3) is 4.00. The van der Waals surface area contributed by atoms with E-state index in [0.717, 1.165) is 38.8 Å². The Bertz CT molecular complexity index is 376. The van der Waals surface area contributed by atoms with Gasteiger partial charge in [0.1, 0.15) is 0 Å². The summed E-state index contributed by atoms with van der Waals surface area (Å²) in [6.45, 7) is 4.99. The molecule has 1 aliphatic heterocycles. The number of carbonyl (C=O) groups excluding carboxylic acids is 1. The quantitative estimate of drug-likeness (QED) is 0.302. The molecular weight excluding hydrogens is 270 g/mol. The molecule has 0 aromatic carbocycles. The Hall–Kier alpha value is -1.50. The predicted molar refractivity (Wildman–Crippen MR) is 81.4 cm³/mol. The van der Waals surface area contributed by atoms with Crippen molar-refractivity contribution < 1.29 is 10.0 Å². The second-order valence-corrected chi connectivity index (χ2v) is 5.93. The number of rotatable bonds is 5. The molecule has 0 spiro atoms. The van der Waals surface area contributed by atoms with E-state index in [1.165, 1.54) is 6.42 Å². The van der Waals surface area contributed by atoms with Gasteiger partial charge in [0, 0.05) is 32.2 Å². The lowest BCUT2D eigenvalue weighted by atomic mass is 9.93. The maximum absolute atomic E-state index is 12.1. The maximum atomic E-state index is 12.1. The molecule has 120 valence electrons. The third-order valence-electron chi connectivity index (χ3n) is 4.49. The van der Waals surface area contributed by atoms with Crippen LogP contribution in [-0.4, -0.2) is 65.1 Å². The number of nitrogens with one attached hydrogen (secondary N) is 1. The van der Waals surface area contributed by atoms with Crippen molar-refractivity contribution >= 4 is 11.9 Å². The summed E-state index contributed by atoms with van der Waals surface area (Å²) in [4.78, 5) is 16.2. The number of hydrogen-bond donors (Lipinski definition) is 3. The topological polar surface area (TPSA) is 94.2 Å². The van der Waals surface area contributed by atoms with Crippen LogP contribution >= 0.6 is 0 Å². The van der Waals surface area contributed by atoms with Crippen LogP contribution in [0.3, 0.4) is 0 Å². The van der Waals surface area contributed by atoms with Gasteiger partial charge in [-0.3, -0.25) is 4.90 Å². The van der Waals surface area contributed by atoms with Gasteiger partial charge in [0.15, 0.2) is 5.84 Å². The van der Waals surface area contributed by atoms with Gasteiger partial charge in [0.05, 0.1) is 6.04 Å². The van der Waals surface area contributed by atoms with Gasteiger partial charge in [0.25, 0.3) is 0 Å². The van der Waals surface area contributed by atoms with Gasteiger partial charge in [0.2, 0.25) is 0 Å². The van der Waals surface area contributed by atoms with Crippen LogP contribution in [0, 0.1) is 0 Å². The van der Waals surface area contributed by atoms with E-state index in [1.54, 1.807) is 0 Å². The highest BCUT2D eigenvalue weighted by Gasteiger charge is 2.29. The molecule has 0 aromatic rings. The summed E-state index contributed by atoms with van der Waals surface area (Å²) >= 11 is 0. The number of nitrogens with two attached hydrogens (primary N) is 1. The van der Waals surface area contributed by atoms with Gasteiger partial charge in [-0.1, -0.05) is 18.5 Å². The van der Waals surface area contributed by atoms with Gasteiger partial charge in [-0.2, -0.15) is 0 Å². The number of oxime groups is 1. The Kier molecular flexibility index (Phi) is 5.67. The molecule has 1 heterocycles. The third-order valence-corrected chi connectivity index (χ3v) is 4.49. The molecule has 7 nitrogen and oxygen atoms in total. The molecule has 2 fully saturated rings. The average Bonchev–Trinajstić information content (AvgIpc) is 2.47. The highest BCUT2D eigenvalue weighted by Crippen LogP contribution is 2.18. The maximum Gasteiger partial charge on any atom is 0.317 e. The highest BCUT2D eigenvalue weighted by molar-refractivity contribution is 5.85. The number of carbonyl (C=O) groups is 1. The molecule has 2 rings (SSSR count). The van der Waals surface area contributed by atoms with Crippen LogP contribution in [0.25, 0.3) is 0 Å². The van der Waals surface area contributed by atoms with Crippen LogP contribution in [0.5, 0.6) is 0 Å². The van der Waals surface area contributed by atoms with E-state index in [9.17, 15) is 4.79 Å². The molecule has 0 bridgehead atoms. The molecular formula is C14H27N5O2. The fraction of sp³-hybridized carbons (Fsp3) is 0.857. The molecule has 1 saturated carbocycles. The first kappa shape index (κ1) is 15.9. The van der Waals surface area contributed by atoms with E-state index in [1.807, 2.05) is 4.90 Å². The Morgan fingerprint density at radius 2 is 2.05 bits per heavy atom. The van der Waals surface area contributed by atoms with Gasteiger partial charge < -0.3 is 21.2 Å². The van der Waals surface area contributed by atoms with E-state index < -0.39 is 0 Å². The first-order chi connectivity index (χ1) is 10.2. The summed E-state index contributed by atoms with van der Waals surface area (Å²) in [5.41, 5.74) is 5.79. The average molecular weight is 297 g/mol. The lowest BCUT2D eigenvalue weighted by Gasteiger charge is -2.39. The van der Waals surface area contributed by atoms with Crippen LogP contribution < -0.4 is 11.1 Å². The molecule has 7 heteroatoms. The number of amidine groups is 1. The van der Waals surface area contributed by atoms with E-state index >= 15 is 0 Å². The molecule has 0 radical (unpaired) electrons. The number of nitrogens with zero attached hydrogens (tertiary/aromatic N) is 3. The zero-order valence-corrected chi connectivity index (χ0v) is 12.8. The van der Waals surface area contributed by atoms with Crippen LogP contribution in [-0.2, 0) is 0 Å². The van der Waals surface area contributed by atoms with Crippen LogP contribution in [0.4, 0.5) is 4.79 Å². The van der Waals surface area contributed by atoms with Crippen molar-refractivity contribution in [2.24, 2.45) is 10.9 Å². The van der Waals surface area contributed by atoms with Gasteiger partial charge in [-0.15, -0.1) is 0 Å². The summed E-state index contributed by atoms with van der Waals surface area (Å²) in [7, 11) is 0. The van der Waals surface area contributed by atoms with E-state index in [2.05, 4.69) is 22.3 Å². The Morgan fingerprint density at radius 1 is 1.38 bits per heavy atom. The van der Waals surface area contributed by atoms with Crippen molar-refractivity contribution in [3.8, 4) is 0 Å². The zero-order chi connectivity index (χ0) is 15.2. The molecule has 1 saturated heterocycles. The number of urea groups is 1. The predicted octanol–water partition coefficient (Wildman–Crippen LogP) is 0.781. The van der Waals surface area contributed by atoms with E-state index in [-0.39, 0.29) is 17.9 Å². The zero-order valence-electron chi connectivity index (χ0n) is 12.8. The molecule has 2 aliphatic rings. The summed E-state index contributed by atoms with van der Waals surface area (Å²) < 4.78 is 0. The van der Waals surface area contributed by atoms with E-state index in [4.69, 9.17) is 10.9 Å². The fourth-order valence-corrected chi connectivity index (χ4v) is 2.91. The van der Waals surface area contributed by atoms with Crippen LogP contribution in [0.2, 0.25) is 0 Å². The normalized spacial score (nSPS) is 22.7. The fourth-order valence-electron chi connectivity index (χ4n) is 2.91. The second kappa shape index (κ2) is 7.49. The minimum atomic E-state index is -0.0307. The Morgan fingerprint density at radius 3 is 2.52 bits per heavy atom. The minimum Gasteiger partial charge on any atom is -0.409 e.